The van der Waals surface area contributed by atoms with Crippen LogP contribution >= 0.6 is 11.3 Å². The number of carbonyl (C=O) groups is 1. The van der Waals surface area contributed by atoms with Gasteiger partial charge in [0, 0.05) is 10.4 Å². The molecule has 0 bridgehead atoms. The number of sulfonamides is 1. The predicted molar refractivity (Wildman–Crippen MR) is 86.4 cm³/mol. The lowest BCUT2D eigenvalue weighted by Crippen LogP contribution is -2.09. The molecule has 1 heterocycles. The largest absolute Gasteiger partial charge is 0.466 e. The van der Waals surface area contributed by atoms with Crippen LogP contribution in [0, 0.1) is 0 Å². The Morgan fingerprint density at radius 1 is 1.32 bits per heavy atom. The van der Waals surface area contributed by atoms with Crippen molar-refractivity contribution in [2.24, 2.45) is 0 Å². The number of nitrogens with zero attached hydrogens (tertiary/aromatic N) is 1. The van der Waals surface area contributed by atoms with Gasteiger partial charge in [-0.3, -0.25) is 9.52 Å². The number of thiazole rings is 1. The summed E-state index contributed by atoms with van der Waals surface area (Å²) < 4.78 is 30.0. The number of rotatable bonds is 6. The van der Waals surface area contributed by atoms with Crippen molar-refractivity contribution < 1.29 is 17.9 Å². The third-order valence-electron chi connectivity index (χ3n) is 2.63. The topological polar surface area (TPSA) is 85.4 Å². The molecule has 22 heavy (non-hydrogen) atoms. The SMILES string of the molecule is CCOC(=O)Cc1sc(NS(C)(=O)=O)nc1-c1ccccc1. The van der Waals surface area contributed by atoms with E-state index in [-0.39, 0.29) is 17.5 Å². The van der Waals surface area contributed by atoms with Crippen molar-refractivity contribution in [2.45, 2.75) is 13.3 Å². The summed E-state index contributed by atoms with van der Waals surface area (Å²) >= 11 is 1.13. The van der Waals surface area contributed by atoms with E-state index in [0.29, 0.717) is 17.2 Å². The lowest BCUT2D eigenvalue weighted by Gasteiger charge is -2.02. The molecule has 0 aliphatic rings. The van der Waals surface area contributed by atoms with Crippen LogP contribution in [0.1, 0.15) is 11.8 Å². The molecule has 1 aromatic carbocycles. The zero-order valence-electron chi connectivity index (χ0n) is 12.2. The standard InChI is InChI=1S/C14H16N2O4S2/c1-3-20-12(17)9-11-13(10-7-5-4-6-8-10)15-14(21-11)16-22(2,18)19/h4-8H,3,9H2,1-2H3,(H,15,16). The van der Waals surface area contributed by atoms with E-state index in [9.17, 15) is 13.2 Å². The van der Waals surface area contributed by atoms with Crippen LogP contribution in [0.5, 0.6) is 0 Å². The van der Waals surface area contributed by atoms with Gasteiger partial charge in [-0.15, -0.1) is 0 Å². The first kappa shape index (κ1) is 16.4. The van der Waals surface area contributed by atoms with Crippen LogP contribution < -0.4 is 4.72 Å². The second-order valence-electron chi connectivity index (χ2n) is 4.51. The number of esters is 1. The van der Waals surface area contributed by atoms with Gasteiger partial charge in [-0.25, -0.2) is 13.4 Å². The molecule has 1 N–H and O–H groups in total. The second-order valence-corrected chi connectivity index (χ2v) is 7.34. The molecular weight excluding hydrogens is 324 g/mol. The minimum atomic E-state index is -3.42. The zero-order chi connectivity index (χ0) is 16.2. The van der Waals surface area contributed by atoms with E-state index < -0.39 is 10.0 Å². The van der Waals surface area contributed by atoms with Gasteiger partial charge in [0.2, 0.25) is 10.0 Å². The number of anilines is 1. The summed E-state index contributed by atoms with van der Waals surface area (Å²) in [6.07, 6.45) is 1.11. The Kier molecular flexibility index (Phi) is 5.15. The number of hydrogen-bond donors (Lipinski definition) is 1. The Bertz CT molecular complexity index is 754. The fourth-order valence-electron chi connectivity index (χ4n) is 1.84. The van der Waals surface area contributed by atoms with E-state index in [4.69, 9.17) is 4.74 Å². The van der Waals surface area contributed by atoms with Gasteiger partial charge < -0.3 is 4.74 Å². The van der Waals surface area contributed by atoms with Crippen molar-refractivity contribution in [3.8, 4) is 11.3 Å². The average Bonchev–Trinajstić information content (AvgIpc) is 2.80. The van der Waals surface area contributed by atoms with Crippen molar-refractivity contribution in [1.82, 2.24) is 4.98 Å². The monoisotopic (exact) mass is 340 g/mol. The van der Waals surface area contributed by atoms with E-state index in [2.05, 4.69) is 9.71 Å². The zero-order valence-corrected chi connectivity index (χ0v) is 13.8. The van der Waals surface area contributed by atoms with Crippen molar-refractivity contribution >= 4 is 32.5 Å². The molecular formula is C14H16N2O4S2. The third-order valence-corrected chi connectivity index (χ3v) is 4.29. The summed E-state index contributed by atoms with van der Waals surface area (Å²) in [6.45, 7) is 2.03. The average molecular weight is 340 g/mol. The van der Waals surface area contributed by atoms with E-state index in [1.807, 2.05) is 30.3 Å². The van der Waals surface area contributed by atoms with Crippen LogP contribution in [0.15, 0.2) is 30.3 Å². The van der Waals surface area contributed by atoms with Gasteiger partial charge in [-0.05, 0) is 6.92 Å². The highest BCUT2D eigenvalue weighted by atomic mass is 32.2. The van der Waals surface area contributed by atoms with Gasteiger partial charge in [0.1, 0.15) is 0 Å². The van der Waals surface area contributed by atoms with Crippen LogP contribution in [0.2, 0.25) is 0 Å². The first-order valence-corrected chi connectivity index (χ1v) is 9.28. The van der Waals surface area contributed by atoms with Crippen LogP contribution in [-0.4, -0.2) is 32.2 Å². The number of benzene rings is 1. The molecule has 6 nitrogen and oxygen atoms in total. The van der Waals surface area contributed by atoms with E-state index in [1.54, 1.807) is 6.92 Å². The molecule has 8 heteroatoms. The first-order chi connectivity index (χ1) is 10.4. The maximum atomic E-state index is 11.7. The normalized spacial score (nSPS) is 11.2. The van der Waals surface area contributed by atoms with Crippen LogP contribution in [0.4, 0.5) is 5.13 Å². The first-order valence-electron chi connectivity index (χ1n) is 6.57. The molecule has 0 aliphatic carbocycles. The molecule has 0 aliphatic heterocycles. The summed E-state index contributed by atoms with van der Waals surface area (Å²) in [5.41, 5.74) is 1.41. The summed E-state index contributed by atoms with van der Waals surface area (Å²) in [6, 6.07) is 9.29. The minimum absolute atomic E-state index is 0.0567. The summed E-state index contributed by atoms with van der Waals surface area (Å²) in [5.74, 6) is -0.366. The summed E-state index contributed by atoms with van der Waals surface area (Å²) in [7, 11) is -3.42. The van der Waals surface area contributed by atoms with E-state index >= 15 is 0 Å². The maximum absolute atomic E-state index is 11.7. The third kappa shape index (κ3) is 4.54. The summed E-state index contributed by atoms with van der Waals surface area (Å²) in [4.78, 5) is 16.7. The highest BCUT2D eigenvalue weighted by molar-refractivity contribution is 7.92. The maximum Gasteiger partial charge on any atom is 0.311 e. The molecule has 0 saturated heterocycles. The smallest absolute Gasteiger partial charge is 0.311 e. The Balaban J connectivity index is 2.38. The summed E-state index contributed by atoms with van der Waals surface area (Å²) in [5, 5.41) is 0.237. The number of aromatic nitrogens is 1. The molecule has 0 saturated carbocycles. The lowest BCUT2D eigenvalue weighted by atomic mass is 10.1. The molecule has 0 unspecified atom stereocenters. The number of nitrogens with one attached hydrogen (secondary N) is 1. The molecule has 2 aromatic rings. The molecule has 0 radical (unpaired) electrons. The fourth-order valence-corrected chi connectivity index (χ4v) is 3.64. The fraction of sp³-hybridized carbons (Fsp3) is 0.286. The molecule has 1 aromatic heterocycles. The Labute approximate surface area is 133 Å². The number of carbonyl (C=O) groups excluding carboxylic acids is 1. The molecule has 2 rings (SSSR count). The highest BCUT2D eigenvalue weighted by Gasteiger charge is 2.18. The van der Waals surface area contributed by atoms with Gasteiger partial charge in [0.05, 0.1) is 25.0 Å². The van der Waals surface area contributed by atoms with Gasteiger partial charge in [0.25, 0.3) is 0 Å². The van der Waals surface area contributed by atoms with Crippen molar-refractivity contribution in [2.75, 3.05) is 17.6 Å². The van der Waals surface area contributed by atoms with Crippen LogP contribution in [-0.2, 0) is 26.0 Å². The van der Waals surface area contributed by atoms with Crippen molar-refractivity contribution in [1.29, 1.82) is 0 Å². The Morgan fingerprint density at radius 3 is 2.59 bits per heavy atom. The van der Waals surface area contributed by atoms with Crippen molar-refractivity contribution in [3.05, 3.63) is 35.2 Å². The van der Waals surface area contributed by atoms with E-state index in [0.717, 1.165) is 23.2 Å². The van der Waals surface area contributed by atoms with Crippen LogP contribution in [0.25, 0.3) is 11.3 Å². The Morgan fingerprint density at radius 2 is 2.00 bits per heavy atom. The molecule has 0 atom stereocenters. The minimum Gasteiger partial charge on any atom is -0.466 e. The van der Waals surface area contributed by atoms with Gasteiger partial charge in [0.15, 0.2) is 5.13 Å². The second kappa shape index (κ2) is 6.89. The number of hydrogen-bond acceptors (Lipinski definition) is 6. The van der Waals surface area contributed by atoms with Gasteiger partial charge in [-0.1, -0.05) is 41.7 Å². The van der Waals surface area contributed by atoms with Crippen molar-refractivity contribution in [3.63, 3.8) is 0 Å². The van der Waals surface area contributed by atoms with Gasteiger partial charge in [-0.2, -0.15) is 0 Å². The van der Waals surface area contributed by atoms with Gasteiger partial charge >= 0.3 is 5.97 Å². The molecule has 118 valence electrons. The molecule has 0 amide bonds. The quantitative estimate of drug-likeness (QED) is 0.816. The highest BCUT2D eigenvalue weighted by Crippen LogP contribution is 2.32. The predicted octanol–water partition coefficient (Wildman–Crippen LogP) is 2.29. The van der Waals surface area contributed by atoms with E-state index in [1.165, 1.54) is 0 Å². The Hall–Kier alpha value is -1.93. The van der Waals surface area contributed by atoms with Crippen LogP contribution in [0.3, 0.4) is 0 Å². The molecule has 0 fully saturated rings. The number of ether oxygens (including phenoxy) is 1. The lowest BCUT2D eigenvalue weighted by molar-refractivity contribution is -0.142. The molecule has 0 spiro atoms.